The lowest BCUT2D eigenvalue weighted by Crippen LogP contribution is -2.19. The monoisotopic (exact) mass is 388 g/mol. The summed E-state index contributed by atoms with van der Waals surface area (Å²) in [6.45, 7) is 2.43. The van der Waals surface area contributed by atoms with Crippen LogP contribution in [0, 0.1) is 5.82 Å². The summed E-state index contributed by atoms with van der Waals surface area (Å²) in [6.07, 6.45) is 3.72. The predicted octanol–water partition coefficient (Wildman–Crippen LogP) is 3.62. The predicted molar refractivity (Wildman–Crippen MR) is 102 cm³/mol. The molecule has 0 saturated carbocycles. The Balaban J connectivity index is 1.89. The molecule has 0 N–H and O–H groups in total. The summed E-state index contributed by atoms with van der Waals surface area (Å²) < 4.78 is 47.3. The molecular weight excluding hydrogens is 367 g/mol. The Kier molecular flexibility index (Phi) is 4.65. The van der Waals surface area contributed by atoms with Gasteiger partial charge >= 0.3 is 0 Å². The van der Waals surface area contributed by atoms with Crippen molar-refractivity contribution in [3.8, 4) is 5.75 Å². The van der Waals surface area contributed by atoms with E-state index in [2.05, 4.69) is 4.90 Å². The van der Waals surface area contributed by atoms with Crippen LogP contribution in [-0.2, 0) is 16.6 Å². The first-order valence-corrected chi connectivity index (χ1v) is 10.4. The molecule has 2 aromatic carbocycles. The largest absolute Gasteiger partial charge is 0.493 e. The maximum absolute atomic E-state index is 14.8. The van der Waals surface area contributed by atoms with Gasteiger partial charge in [-0.05, 0) is 44.1 Å². The highest BCUT2D eigenvalue weighted by Crippen LogP contribution is 2.35. The van der Waals surface area contributed by atoms with Crippen molar-refractivity contribution in [2.45, 2.75) is 24.3 Å². The Morgan fingerprint density at radius 3 is 2.48 bits per heavy atom. The highest BCUT2D eigenvalue weighted by atomic mass is 32.2. The van der Waals surface area contributed by atoms with Crippen LogP contribution in [0.15, 0.2) is 53.6 Å². The molecule has 0 unspecified atom stereocenters. The Labute approximate surface area is 158 Å². The van der Waals surface area contributed by atoms with E-state index in [-0.39, 0.29) is 10.6 Å². The fourth-order valence-corrected chi connectivity index (χ4v) is 5.09. The third-order valence-electron chi connectivity index (χ3n) is 5.05. The highest BCUT2D eigenvalue weighted by Gasteiger charge is 2.24. The van der Waals surface area contributed by atoms with Crippen molar-refractivity contribution in [2.75, 3.05) is 20.2 Å². The van der Waals surface area contributed by atoms with Gasteiger partial charge in [0, 0.05) is 29.8 Å². The number of fused-ring (bicyclic) bond motifs is 1. The molecule has 2 heterocycles. The molecule has 142 valence electrons. The number of aromatic nitrogens is 1. The molecule has 7 heteroatoms. The molecule has 1 aliphatic rings. The maximum Gasteiger partial charge on any atom is 0.268 e. The van der Waals surface area contributed by atoms with E-state index in [4.69, 9.17) is 4.74 Å². The van der Waals surface area contributed by atoms with Crippen LogP contribution >= 0.6 is 0 Å². The average molecular weight is 388 g/mol. The van der Waals surface area contributed by atoms with Crippen molar-refractivity contribution >= 4 is 20.9 Å². The SMILES string of the molecule is COc1c(F)cc2c(ccn2S(=O)(=O)c2ccccc2)c1CN1CCCC1. The fourth-order valence-electron chi connectivity index (χ4n) is 3.73. The van der Waals surface area contributed by atoms with Crippen molar-refractivity contribution in [2.24, 2.45) is 0 Å². The van der Waals surface area contributed by atoms with E-state index in [9.17, 15) is 12.8 Å². The van der Waals surface area contributed by atoms with Gasteiger partial charge in [-0.15, -0.1) is 0 Å². The lowest BCUT2D eigenvalue weighted by atomic mass is 10.1. The fraction of sp³-hybridized carbons (Fsp3) is 0.300. The molecule has 27 heavy (non-hydrogen) atoms. The minimum atomic E-state index is -3.81. The summed E-state index contributed by atoms with van der Waals surface area (Å²) in [5.41, 5.74) is 1.02. The lowest BCUT2D eigenvalue weighted by molar-refractivity contribution is 0.317. The Morgan fingerprint density at radius 1 is 1.11 bits per heavy atom. The number of rotatable bonds is 5. The Bertz CT molecular complexity index is 1070. The number of hydrogen-bond donors (Lipinski definition) is 0. The van der Waals surface area contributed by atoms with E-state index in [1.54, 1.807) is 24.3 Å². The second-order valence-corrected chi connectivity index (χ2v) is 8.53. The molecular formula is C20H21FN2O3S. The Morgan fingerprint density at radius 2 is 1.81 bits per heavy atom. The topological polar surface area (TPSA) is 51.5 Å². The van der Waals surface area contributed by atoms with E-state index in [0.717, 1.165) is 29.9 Å². The first-order chi connectivity index (χ1) is 13.0. The molecule has 1 saturated heterocycles. The number of hydrogen-bond acceptors (Lipinski definition) is 4. The minimum Gasteiger partial charge on any atom is -0.493 e. The third-order valence-corrected chi connectivity index (χ3v) is 6.76. The summed E-state index contributed by atoms with van der Waals surface area (Å²) in [5.74, 6) is -0.369. The van der Waals surface area contributed by atoms with Gasteiger partial charge in [-0.1, -0.05) is 18.2 Å². The van der Waals surface area contributed by atoms with Gasteiger partial charge in [-0.2, -0.15) is 0 Å². The van der Waals surface area contributed by atoms with Crippen molar-refractivity contribution in [1.82, 2.24) is 8.87 Å². The normalized spacial score (nSPS) is 15.5. The van der Waals surface area contributed by atoms with Crippen LogP contribution in [0.5, 0.6) is 5.75 Å². The second-order valence-electron chi connectivity index (χ2n) is 6.72. The number of nitrogens with zero attached hydrogens (tertiary/aromatic N) is 2. The van der Waals surface area contributed by atoms with Crippen LogP contribution in [0.1, 0.15) is 18.4 Å². The molecule has 1 fully saturated rings. The molecule has 4 rings (SSSR count). The maximum atomic E-state index is 14.8. The van der Waals surface area contributed by atoms with Gasteiger partial charge in [0.2, 0.25) is 0 Å². The van der Waals surface area contributed by atoms with Gasteiger partial charge in [0.1, 0.15) is 0 Å². The van der Waals surface area contributed by atoms with Crippen LogP contribution in [0.3, 0.4) is 0 Å². The number of ether oxygens (including phenoxy) is 1. The van der Waals surface area contributed by atoms with E-state index >= 15 is 0 Å². The van der Waals surface area contributed by atoms with Crippen LogP contribution < -0.4 is 4.74 Å². The highest BCUT2D eigenvalue weighted by molar-refractivity contribution is 7.90. The number of halogens is 1. The molecule has 0 bridgehead atoms. The number of methoxy groups -OCH3 is 1. The van der Waals surface area contributed by atoms with Crippen molar-refractivity contribution in [3.63, 3.8) is 0 Å². The van der Waals surface area contributed by atoms with Crippen LogP contribution in [0.2, 0.25) is 0 Å². The van der Waals surface area contributed by atoms with Crippen molar-refractivity contribution in [3.05, 3.63) is 60.0 Å². The standard InChI is InChI=1S/C20H21FN2O3S/c1-26-20-17(14-22-10-5-6-11-22)16-9-12-23(19(16)13-18(20)21)27(24,25)15-7-3-2-4-8-15/h2-4,7-9,12-13H,5-6,10-11,14H2,1H3. The molecule has 0 aliphatic carbocycles. The summed E-state index contributed by atoms with van der Waals surface area (Å²) in [6, 6.07) is 11.1. The first kappa shape index (κ1) is 18.0. The quantitative estimate of drug-likeness (QED) is 0.670. The average Bonchev–Trinajstić information content (AvgIpc) is 3.32. The van der Waals surface area contributed by atoms with Crippen LogP contribution in [0.25, 0.3) is 10.9 Å². The van der Waals surface area contributed by atoms with Crippen molar-refractivity contribution < 1.29 is 17.5 Å². The smallest absolute Gasteiger partial charge is 0.268 e. The first-order valence-electron chi connectivity index (χ1n) is 8.92. The van der Waals surface area contributed by atoms with Gasteiger partial charge in [0.15, 0.2) is 11.6 Å². The van der Waals surface area contributed by atoms with E-state index in [1.165, 1.54) is 31.5 Å². The van der Waals surface area contributed by atoms with Crippen molar-refractivity contribution in [1.29, 1.82) is 0 Å². The zero-order chi connectivity index (χ0) is 19.0. The molecule has 0 atom stereocenters. The molecule has 1 aliphatic heterocycles. The molecule has 0 radical (unpaired) electrons. The molecule has 5 nitrogen and oxygen atoms in total. The zero-order valence-corrected chi connectivity index (χ0v) is 15.9. The third kappa shape index (κ3) is 3.11. The van der Waals surface area contributed by atoms with E-state index in [0.29, 0.717) is 23.0 Å². The van der Waals surface area contributed by atoms with E-state index < -0.39 is 15.8 Å². The molecule has 1 aromatic heterocycles. The second kappa shape index (κ2) is 6.98. The van der Waals surface area contributed by atoms with Gasteiger partial charge < -0.3 is 4.74 Å². The summed E-state index contributed by atoms with van der Waals surface area (Å²) in [7, 11) is -2.37. The van der Waals surface area contributed by atoms with E-state index in [1.807, 2.05) is 0 Å². The summed E-state index contributed by atoms with van der Waals surface area (Å²) >= 11 is 0. The van der Waals surface area contributed by atoms with Gasteiger partial charge in [0.25, 0.3) is 10.0 Å². The minimum absolute atomic E-state index is 0.166. The van der Waals surface area contributed by atoms with Crippen LogP contribution in [-0.4, -0.2) is 37.5 Å². The molecule has 0 amide bonds. The number of likely N-dealkylation sites (tertiary alicyclic amines) is 1. The van der Waals surface area contributed by atoms with Gasteiger partial charge in [-0.3, -0.25) is 4.90 Å². The molecule has 0 spiro atoms. The number of benzene rings is 2. The van der Waals surface area contributed by atoms with Crippen LogP contribution in [0.4, 0.5) is 4.39 Å². The van der Waals surface area contributed by atoms with Gasteiger partial charge in [0.05, 0.1) is 17.5 Å². The summed E-state index contributed by atoms with van der Waals surface area (Å²) in [5, 5.41) is 0.694. The Hall–Kier alpha value is -2.38. The zero-order valence-electron chi connectivity index (χ0n) is 15.1. The summed E-state index contributed by atoms with van der Waals surface area (Å²) in [4.78, 5) is 2.40. The van der Waals surface area contributed by atoms with Gasteiger partial charge in [-0.25, -0.2) is 16.8 Å². The molecule has 3 aromatic rings. The lowest BCUT2D eigenvalue weighted by Gasteiger charge is -2.18.